The fourth-order valence-electron chi connectivity index (χ4n) is 5.62. The molecule has 0 unspecified atom stereocenters. The van der Waals surface area contributed by atoms with Crippen molar-refractivity contribution in [1.29, 1.82) is 5.26 Å². The summed E-state index contributed by atoms with van der Waals surface area (Å²) in [7, 11) is 0. The molecule has 0 radical (unpaired) electrons. The van der Waals surface area contributed by atoms with Gasteiger partial charge in [-0.25, -0.2) is 23.7 Å². The SMILES string of the molecule is C=C[C@H](O)C(=O)N1CC[C@H](Oc2ccc(-c3ncnc(Nc4cnc(N5CCN(C6COC6)CC5)c(F)c4)n3)cc2C#N)[C@H](F)C1. The summed E-state index contributed by atoms with van der Waals surface area (Å²) in [5, 5.41) is 22.5. The molecule has 46 heavy (non-hydrogen) atoms. The molecule has 0 aliphatic carbocycles. The number of piperidine rings is 1. The summed E-state index contributed by atoms with van der Waals surface area (Å²) in [4.78, 5) is 34.8. The summed E-state index contributed by atoms with van der Waals surface area (Å²) in [6, 6.07) is 8.55. The van der Waals surface area contributed by atoms with E-state index in [0.717, 1.165) is 32.4 Å². The summed E-state index contributed by atoms with van der Waals surface area (Å²) >= 11 is 0. The molecule has 13 nitrogen and oxygen atoms in total. The number of aliphatic hydroxyl groups is 1. The summed E-state index contributed by atoms with van der Waals surface area (Å²) in [5.41, 5.74) is 0.985. The predicted molar refractivity (Wildman–Crippen MR) is 163 cm³/mol. The van der Waals surface area contributed by atoms with Crippen molar-refractivity contribution in [1.82, 2.24) is 29.7 Å². The first-order valence-electron chi connectivity index (χ1n) is 15.0. The average Bonchev–Trinajstić information content (AvgIpc) is 3.05. The Bertz CT molecular complexity index is 1630. The number of pyridine rings is 1. The van der Waals surface area contributed by atoms with Crippen LogP contribution in [0.4, 0.5) is 26.2 Å². The van der Waals surface area contributed by atoms with Crippen molar-refractivity contribution in [3.05, 3.63) is 60.8 Å². The van der Waals surface area contributed by atoms with Crippen LogP contribution in [-0.4, -0.2) is 118 Å². The molecule has 1 aromatic carbocycles. The van der Waals surface area contributed by atoms with E-state index >= 15 is 4.39 Å². The van der Waals surface area contributed by atoms with E-state index in [9.17, 15) is 19.6 Å². The van der Waals surface area contributed by atoms with Crippen LogP contribution in [0.1, 0.15) is 12.0 Å². The normalized spacial score (nSPS) is 21.2. The number of nitrogens with zero attached hydrogens (tertiary/aromatic N) is 8. The van der Waals surface area contributed by atoms with Crippen LogP contribution < -0.4 is 15.0 Å². The van der Waals surface area contributed by atoms with Gasteiger partial charge in [0.1, 0.15) is 24.3 Å². The van der Waals surface area contributed by atoms with Crippen molar-refractivity contribution in [2.45, 2.75) is 30.8 Å². The lowest BCUT2D eigenvalue weighted by Gasteiger charge is -2.42. The van der Waals surface area contributed by atoms with Gasteiger partial charge in [0.15, 0.2) is 29.7 Å². The number of nitrogens with one attached hydrogen (secondary N) is 1. The molecule has 0 spiro atoms. The predicted octanol–water partition coefficient (Wildman–Crippen LogP) is 2.07. The van der Waals surface area contributed by atoms with E-state index in [1.807, 2.05) is 4.90 Å². The number of amides is 1. The van der Waals surface area contributed by atoms with Crippen LogP contribution in [0.25, 0.3) is 11.4 Å². The van der Waals surface area contributed by atoms with Gasteiger partial charge in [-0.3, -0.25) is 9.69 Å². The first kappa shape index (κ1) is 31.2. The van der Waals surface area contributed by atoms with Gasteiger partial charge in [0.2, 0.25) is 5.95 Å². The third-order valence-corrected chi connectivity index (χ3v) is 8.31. The standard InChI is InChI=1S/C31H33F2N9O4/c1-2-25(43)30(44)42-6-5-27(24(33)15-42)46-26-4-3-19(11-20(26)13-34)28-36-18-37-31(39-28)38-21-12-23(32)29(35-14-21)41-9-7-40(8-10-41)22-16-45-17-22/h2-4,11-12,14,18,22,24-25,27,43H,1,5-10,15-17H2,(H,36,37,38,39)/t24-,25+,27+/m1/s1. The van der Waals surface area contributed by atoms with Crippen molar-refractivity contribution in [2.24, 2.45) is 0 Å². The third-order valence-electron chi connectivity index (χ3n) is 8.31. The van der Waals surface area contributed by atoms with Crippen molar-refractivity contribution in [3.8, 4) is 23.2 Å². The lowest BCUT2D eigenvalue weighted by atomic mass is 10.0. The molecule has 3 atom stereocenters. The Balaban J connectivity index is 1.09. The number of aromatic nitrogens is 4. The van der Waals surface area contributed by atoms with Crippen LogP contribution in [0.3, 0.4) is 0 Å². The van der Waals surface area contributed by atoms with Crippen molar-refractivity contribution < 1.29 is 28.2 Å². The minimum atomic E-state index is -1.52. The molecule has 0 bridgehead atoms. The van der Waals surface area contributed by atoms with E-state index in [1.54, 1.807) is 6.07 Å². The molecule has 3 aliphatic heterocycles. The fraction of sp³-hybridized carbons (Fsp3) is 0.419. The Hall–Kier alpha value is -4.78. The minimum absolute atomic E-state index is 0.143. The van der Waals surface area contributed by atoms with Gasteiger partial charge in [0, 0.05) is 50.8 Å². The van der Waals surface area contributed by atoms with Crippen molar-refractivity contribution >= 4 is 23.4 Å². The number of alkyl halides is 1. The van der Waals surface area contributed by atoms with Crippen LogP contribution in [0.15, 0.2) is 49.4 Å². The highest BCUT2D eigenvalue weighted by Gasteiger charge is 2.35. The van der Waals surface area contributed by atoms with Crippen molar-refractivity contribution in [2.75, 3.05) is 62.7 Å². The van der Waals surface area contributed by atoms with Gasteiger partial charge >= 0.3 is 0 Å². The smallest absolute Gasteiger partial charge is 0.255 e. The van der Waals surface area contributed by atoms with Gasteiger partial charge in [-0.15, -0.1) is 0 Å². The number of likely N-dealkylation sites (tertiary alicyclic amines) is 1. The Morgan fingerprint density at radius 3 is 2.67 bits per heavy atom. The van der Waals surface area contributed by atoms with E-state index < -0.39 is 30.1 Å². The molecule has 0 saturated carbocycles. The molecule has 5 heterocycles. The zero-order chi connectivity index (χ0) is 32.2. The number of benzene rings is 1. The topological polar surface area (TPSA) is 153 Å². The second-order valence-corrected chi connectivity index (χ2v) is 11.2. The van der Waals surface area contributed by atoms with E-state index in [0.29, 0.717) is 36.2 Å². The van der Waals surface area contributed by atoms with E-state index in [1.165, 1.54) is 35.6 Å². The number of rotatable bonds is 9. The number of piperazine rings is 1. The molecular weight excluding hydrogens is 600 g/mol. The molecule has 3 aliphatic rings. The molecule has 15 heteroatoms. The number of carbonyl (C=O) groups is 1. The summed E-state index contributed by atoms with van der Waals surface area (Å²) < 4.78 is 41.2. The first-order chi connectivity index (χ1) is 22.3. The number of halogens is 2. The van der Waals surface area contributed by atoms with Gasteiger partial charge in [-0.1, -0.05) is 12.7 Å². The zero-order valence-corrected chi connectivity index (χ0v) is 24.9. The number of anilines is 3. The van der Waals surface area contributed by atoms with E-state index in [4.69, 9.17) is 9.47 Å². The monoisotopic (exact) mass is 633 g/mol. The summed E-state index contributed by atoms with van der Waals surface area (Å²) in [5.74, 6) is -0.211. The fourth-order valence-corrected chi connectivity index (χ4v) is 5.62. The van der Waals surface area contributed by atoms with Crippen LogP contribution >= 0.6 is 0 Å². The Labute approximate surface area is 264 Å². The van der Waals surface area contributed by atoms with Crippen LogP contribution in [0.2, 0.25) is 0 Å². The second kappa shape index (κ2) is 13.7. The van der Waals surface area contributed by atoms with E-state index in [2.05, 4.69) is 42.8 Å². The third kappa shape index (κ3) is 6.74. The van der Waals surface area contributed by atoms with Gasteiger partial charge in [-0.05, 0) is 18.2 Å². The molecule has 6 rings (SSSR count). The Kier molecular flexibility index (Phi) is 9.29. The molecule has 3 fully saturated rings. The van der Waals surface area contributed by atoms with Gasteiger partial charge in [0.05, 0.1) is 43.2 Å². The maximum atomic E-state index is 15.1. The lowest BCUT2D eigenvalue weighted by Crippen LogP contribution is -2.56. The minimum Gasteiger partial charge on any atom is -0.486 e. The zero-order valence-electron chi connectivity index (χ0n) is 24.9. The Morgan fingerprint density at radius 1 is 1.20 bits per heavy atom. The molecule has 3 saturated heterocycles. The highest BCUT2D eigenvalue weighted by atomic mass is 19.1. The maximum Gasteiger partial charge on any atom is 0.255 e. The van der Waals surface area contributed by atoms with Gasteiger partial charge in [-0.2, -0.15) is 10.2 Å². The highest BCUT2D eigenvalue weighted by molar-refractivity contribution is 5.82. The first-order valence-corrected chi connectivity index (χ1v) is 15.0. The Morgan fingerprint density at radius 2 is 2.00 bits per heavy atom. The maximum absolute atomic E-state index is 15.1. The average molecular weight is 634 g/mol. The van der Waals surface area contributed by atoms with E-state index in [-0.39, 0.29) is 42.6 Å². The summed E-state index contributed by atoms with van der Waals surface area (Å²) in [6.07, 6.45) is 0.277. The number of hydrogen-bond acceptors (Lipinski definition) is 12. The number of hydrogen-bond donors (Lipinski definition) is 2. The number of aliphatic hydroxyl groups excluding tert-OH is 1. The molecule has 1 amide bonds. The molecular formula is C31H33F2N9O4. The van der Waals surface area contributed by atoms with Crippen LogP contribution in [0, 0.1) is 17.1 Å². The quantitative estimate of drug-likeness (QED) is 0.332. The number of carbonyl (C=O) groups excluding carboxylic acids is 1. The second-order valence-electron chi connectivity index (χ2n) is 11.2. The van der Waals surface area contributed by atoms with Gasteiger partial charge < -0.3 is 29.7 Å². The van der Waals surface area contributed by atoms with Crippen LogP contribution in [-0.2, 0) is 9.53 Å². The van der Waals surface area contributed by atoms with Gasteiger partial charge in [0.25, 0.3) is 5.91 Å². The molecule has 3 aromatic rings. The van der Waals surface area contributed by atoms with Crippen LogP contribution in [0.5, 0.6) is 5.75 Å². The summed E-state index contributed by atoms with van der Waals surface area (Å²) in [6.45, 7) is 7.82. The lowest BCUT2D eigenvalue weighted by molar-refractivity contribution is -0.141. The molecule has 240 valence electrons. The highest BCUT2D eigenvalue weighted by Crippen LogP contribution is 2.29. The molecule has 2 N–H and O–H groups in total. The van der Waals surface area contributed by atoms with Crippen molar-refractivity contribution in [3.63, 3.8) is 0 Å². The molecule has 2 aromatic heterocycles. The number of ether oxygens (including phenoxy) is 2. The number of nitriles is 1. The largest absolute Gasteiger partial charge is 0.486 e.